The van der Waals surface area contributed by atoms with Gasteiger partial charge in [0.2, 0.25) is 11.1 Å². The summed E-state index contributed by atoms with van der Waals surface area (Å²) in [7, 11) is 0. The van der Waals surface area contributed by atoms with Gasteiger partial charge in [0.25, 0.3) is 5.78 Å². The molecule has 1 N–H and O–H groups in total. The Labute approximate surface area is 179 Å². The van der Waals surface area contributed by atoms with Gasteiger partial charge in [0.05, 0.1) is 18.0 Å². The van der Waals surface area contributed by atoms with Gasteiger partial charge < -0.3 is 10.1 Å². The molecule has 0 aromatic carbocycles. The zero-order valence-corrected chi connectivity index (χ0v) is 18.1. The van der Waals surface area contributed by atoms with Gasteiger partial charge in [-0.15, -0.1) is 16.4 Å². The van der Waals surface area contributed by atoms with E-state index in [9.17, 15) is 9.59 Å². The molecule has 4 heterocycles. The molecule has 0 unspecified atom stereocenters. The first-order valence-corrected chi connectivity index (χ1v) is 10.9. The maximum absolute atomic E-state index is 12.7. The molecule has 0 aliphatic rings. The summed E-state index contributed by atoms with van der Waals surface area (Å²) in [5.74, 6) is -0.217. The van der Waals surface area contributed by atoms with Crippen molar-refractivity contribution in [2.75, 3.05) is 17.7 Å². The van der Waals surface area contributed by atoms with Gasteiger partial charge >= 0.3 is 5.97 Å². The molecule has 0 bridgehead atoms. The SMILES string of the molecule is CCOC(=O)c1sc2nc(C)cc(C)c2c1NC(=O)CSc1nc2ncccn2n1. The molecule has 0 aliphatic carbocycles. The van der Waals surface area contributed by atoms with Crippen LogP contribution in [0.4, 0.5) is 5.69 Å². The number of aromatic nitrogens is 5. The first-order valence-electron chi connectivity index (χ1n) is 9.14. The number of nitrogens with one attached hydrogen (secondary N) is 1. The number of hydrogen-bond acceptors (Lipinski definition) is 9. The van der Waals surface area contributed by atoms with E-state index < -0.39 is 5.97 Å². The van der Waals surface area contributed by atoms with E-state index >= 15 is 0 Å². The van der Waals surface area contributed by atoms with Crippen molar-refractivity contribution in [3.63, 3.8) is 0 Å². The van der Waals surface area contributed by atoms with Crippen molar-refractivity contribution in [1.29, 1.82) is 0 Å². The summed E-state index contributed by atoms with van der Waals surface area (Å²) in [6.45, 7) is 5.80. The average Bonchev–Trinajstić information content (AvgIpc) is 3.27. The van der Waals surface area contributed by atoms with Gasteiger partial charge in [0.15, 0.2) is 0 Å². The Hall–Kier alpha value is -3.05. The van der Waals surface area contributed by atoms with Crippen LogP contribution in [0.3, 0.4) is 0 Å². The average molecular weight is 443 g/mol. The Kier molecular flexibility index (Phi) is 5.64. The first-order chi connectivity index (χ1) is 14.5. The Morgan fingerprint density at radius 1 is 1.30 bits per heavy atom. The highest BCUT2D eigenvalue weighted by atomic mass is 32.2. The normalized spacial score (nSPS) is 11.2. The molecular weight excluding hydrogens is 424 g/mol. The molecule has 9 nitrogen and oxygen atoms in total. The number of rotatable bonds is 6. The molecule has 0 aliphatic heterocycles. The Bertz CT molecular complexity index is 1230. The topological polar surface area (TPSA) is 111 Å². The van der Waals surface area contributed by atoms with Crippen LogP contribution in [-0.4, -0.2) is 48.8 Å². The van der Waals surface area contributed by atoms with Gasteiger partial charge in [-0.3, -0.25) is 4.79 Å². The zero-order chi connectivity index (χ0) is 21.3. The lowest BCUT2D eigenvalue weighted by Gasteiger charge is -2.08. The van der Waals surface area contributed by atoms with Crippen molar-refractivity contribution in [3.8, 4) is 0 Å². The number of aryl methyl sites for hydroxylation is 2. The number of esters is 1. The minimum absolute atomic E-state index is 0.0782. The van der Waals surface area contributed by atoms with E-state index in [-0.39, 0.29) is 18.3 Å². The smallest absolute Gasteiger partial charge is 0.350 e. The number of thiophene rings is 1. The van der Waals surface area contributed by atoms with Crippen LogP contribution in [0, 0.1) is 13.8 Å². The lowest BCUT2D eigenvalue weighted by molar-refractivity contribution is -0.113. The maximum Gasteiger partial charge on any atom is 0.350 e. The lowest BCUT2D eigenvalue weighted by atomic mass is 10.1. The number of fused-ring (bicyclic) bond motifs is 2. The van der Waals surface area contributed by atoms with Crippen LogP contribution in [0.15, 0.2) is 29.7 Å². The molecular formula is C19H18N6O3S2. The molecule has 4 aromatic heterocycles. The van der Waals surface area contributed by atoms with Crippen LogP contribution in [0.1, 0.15) is 27.9 Å². The summed E-state index contributed by atoms with van der Waals surface area (Å²) in [5.41, 5.74) is 2.21. The van der Waals surface area contributed by atoms with Crippen molar-refractivity contribution >= 4 is 56.7 Å². The number of carbonyl (C=O) groups is 2. The molecule has 0 radical (unpaired) electrons. The second-order valence-corrected chi connectivity index (χ2v) is 8.32. The summed E-state index contributed by atoms with van der Waals surface area (Å²) in [6.07, 6.45) is 3.36. The van der Waals surface area contributed by atoms with Crippen molar-refractivity contribution in [2.24, 2.45) is 0 Å². The molecule has 0 atom stereocenters. The minimum Gasteiger partial charge on any atom is -0.462 e. The number of amides is 1. The van der Waals surface area contributed by atoms with Gasteiger partial charge in [-0.1, -0.05) is 11.8 Å². The second kappa shape index (κ2) is 8.36. The summed E-state index contributed by atoms with van der Waals surface area (Å²) in [5, 5.41) is 8.33. The molecule has 4 rings (SSSR count). The van der Waals surface area contributed by atoms with Crippen LogP contribution < -0.4 is 5.32 Å². The number of nitrogens with zero attached hydrogens (tertiary/aromatic N) is 5. The van der Waals surface area contributed by atoms with E-state index in [1.54, 1.807) is 29.9 Å². The Morgan fingerprint density at radius 3 is 2.90 bits per heavy atom. The number of carbonyl (C=O) groups excluding carboxylic acids is 2. The number of pyridine rings is 1. The number of thioether (sulfide) groups is 1. The fraction of sp³-hybridized carbons (Fsp3) is 0.263. The van der Waals surface area contributed by atoms with Crippen molar-refractivity contribution in [3.05, 3.63) is 40.7 Å². The van der Waals surface area contributed by atoms with Gasteiger partial charge in [0, 0.05) is 23.5 Å². The fourth-order valence-electron chi connectivity index (χ4n) is 2.98. The third-order valence-electron chi connectivity index (χ3n) is 4.14. The Balaban J connectivity index is 1.58. The highest BCUT2D eigenvalue weighted by Crippen LogP contribution is 2.37. The summed E-state index contributed by atoms with van der Waals surface area (Å²) in [6, 6.07) is 3.67. The van der Waals surface area contributed by atoms with E-state index in [0.717, 1.165) is 16.6 Å². The highest BCUT2D eigenvalue weighted by Gasteiger charge is 2.23. The molecule has 0 saturated heterocycles. The van der Waals surface area contributed by atoms with E-state index in [2.05, 4.69) is 25.4 Å². The van der Waals surface area contributed by atoms with Crippen LogP contribution in [0.2, 0.25) is 0 Å². The molecule has 154 valence electrons. The summed E-state index contributed by atoms with van der Waals surface area (Å²) >= 11 is 2.41. The minimum atomic E-state index is -0.478. The summed E-state index contributed by atoms with van der Waals surface area (Å²) in [4.78, 5) is 39.0. The van der Waals surface area contributed by atoms with Gasteiger partial charge in [-0.2, -0.15) is 4.98 Å². The number of hydrogen-bond donors (Lipinski definition) is 1. The zero-order valence-electron chi connectivity index (χ0n) is 16.5. The van der Waals surface area contributed by atoms with Crippen molar-refractivity contribution in [2.45, 2.75) is 25.9 Å². The number of ether oxygens (including phenoxy) is 1. The Morgan fingerprint density at radius 2 is 2.13 bits per heavy atom. The molecule has 0 spiro atoms. The van der Waals surface area contributed by atoms with E-state index in [4.69, 9.17) is 4.74 Å². The monoisotopic (exact) mass is 442 g/mol. The van der Waals surface area contributed by atoms with E-state index in [1.807, 2.05) is 19.9 Å². The van der Waals surface area contributed by atoms with Crippen LogP contribution >= 0.6 is 23.1 Å². The maximum atomic E-state index is 12.7. The molecule has 30 heavy (non-hydrogen) atoms. The molecule has 0 saturated carbocycles. The fourth-order valence-corrected chi connectivity index (χ4v) is 4.75. The second-order valence-electron chi connectivity index (χ2n) is 6.38. The molecule has 1 amide bonds. The van der Waals surface area contributed by atoms with Gasteiger partial charge in [-0.05, 0) is 38.5 Å². The van der Waals surface area contributed by atoms with Gasteiger partial charge in [-0.25, -0.2) is 19.3 Å². The first kappa shape index (κ1) is 20.2. The molecule has 0 fully saturated rings. The largest absolute Gasteiger partial charge is 0.462 e. The number of anilines is 1. The predicted octanol–water partition coefficient (Wildman–Crippen LogP) is 3.26. The van der Waals surface area contributed by atoms with E-state index in [0.29, 0.717) is 26.3 Å². The van der Waals surface area contributed by atoms with Crippen LogP contribution in [0.25, 0.3) is 16.0 Å². The van der Waals surface area contributed by atoms with Gasteiger partial charge in [0.1, 0.15) is 9.71 Å². The third kappa shape index (κ3) is 3.98. The predicted molar refractivity (Wildman–Crippen MR) is 115 cm³/mol. The summed E-state index contributed by atoms with van der Waals surface area (Å²) < 4.78 is 6.71. The standard InChI is InChI=1S/C19H18N6O3S2/c1-4-28-17(27)15-14(13-10(2)8-11(3)21-16(13)30-15)22-12(26)9-29-19-23-18-20-6-5-7-25(18)24-19/h5-8H,4,9H2,1-3H3,(H,22,26). The van der Waals surface area contributed by atoms with Crippen LogP contribution in [-0.2, 0) is 9.53 Å². The van der Waals surface area contributed by atoms with E-state index in [1.165, 1.54) is 23.1 Å². The van der Waals surface area contributed by atoms with Crippen LogP contribution in [0.5, 0.6) is 0 Å². The lowest BCUT2D eigenvalue weighted by Crippen LogP contribution is -2.16. The highest BCUT2D eigenvalue weighted by molar-refractivity contribution is 7.99. The third-order valence-corrected chi connectivity index (χ3v) is 6.04. The van der Waals surface area contributed by atoms with Crippen molar-refractivity contribution in [1.82, 2.24) is 24.6 Å². The van der Waals surface area contributed by atoms with Crippen molar-refractivity contribution < 1.29 is 14.3 Å². The molecule has 11 heteroatoms. The molecule has 4 aromatic rings. The quantitative estimate of drug-likeness (QED) is 0.358.